The zero-order chi connectivity index (χ0) is 12.3. The maximum absolute atomic E-state index is 13.3. The highest BCUT2D eigenvalue weighted by Gasteiger charge is 2.07. The minimum absolute atomic E-state index is 0.131. The van der Waals surface area contributed by atoms with Gasteiger partial charge in [0.15, 0.2) is 12.0 Å². The Kier molecular flexibility index (Phi) is 3.01. The van der Waals surface area contributed by atoms with Gasteiger partial charge in [0.05, 0.1) is 12.5 Å². The molecule has 1 heterocycles. The summed E-state index contributed by atoms with van der Waals surface area (Å²) in [7, 11) is 0. The summed E-state index contributed by atoms with van der Waals surface area (Å²) in [5.74, 6) is 0.161. The third-order valence-electron chi connectivity index (χ3n) is 2.27. The van der Waals surface area contributed by atoms with Gasteiger partial charge in [-0.05, 0) is 35.9 Å². The first kappa shape index (κ1) is 11.1. The van der Waals surface area contributed by atoms with Crippen LogP contribution in [0.4, 0.5) is 4.39 Å². The van der Waals surface area contributed by atoms with Crippen molar-refractivity contribution < 1.29 is 13.6 Å². The van der Waals surface area contributed by atoms with E-state index in [9.17, 15) is 9.18 Å². The Bertz CT molecular complexity index is 596. The monoisotopic (exact) mass is 229 g/mol. The van der Waals surface area contributed by atoms with E-state index >= 15 is 0 Å². The van der Waals surface area contributed by atoms with Crippen LogP contribution in [0.2, 0.25) is 0 Å². The first-order valence-corrected chi connectivity index (χ1v) is 4.95. The number of carbonyl (C=O) groups excluding carboxylic acids is 1. The average molecular weight is 229 g/mol. The zero-order valence-electron chi connectivity index (χ0n) is 8.81. The van der Waals surface area contributed by atoms with Crippen molar-refractivity contribution in [3.05, 3.63) is 47.5 Å². The van der Waals surface area contributed by atoms with Gasteiger partial charge in [-0.1, -0.05) is 0 Å². The van der Waals surface area contributed by atoms with Crippen LogP contribution in [0.25, 0.3) is 11.3 Å². The van der Waals surface area contributed by atoms with Crippen LogP contribution in [0.15, 0.2) is 34.7 Å². The highest BCUT2D eigenvalue weighted by atomic mass is 19.1. The molecule has 0 saturated heterocycles. The minimum Gasteiger partial charge on any atom is -0.453 e. The lowest BCUT2D eigenvalue weighted by atomic mass is 10.1. The number of rotatable bonds is 3. The first-order valence-electron chi connectivity index (χ1n) is 4.95. The number of hydrogen-bond donors (Lipinski definition) is 0. The summed E-state index contributed by atoms with van der Waals surface area (Å²) in [5, 5.41) is 8.57. The van der Waals surface area contributed by atoms with Crippen molar-refractivity contribution in [2.75, 3.05) is 0 Å². The molecule has 0 unspecified atom stereocenters. The molecule has 0 aliphatic carbocycles. The van der Waals surface area contributed by atoms with Crippen LogP contribution >= 0.6 is 0 Å². The topological polar surface area (TPSA) is 54.0 Å². The first-order chi connectivity index (χ1) is 8.22. The van der Waals surface area contributed by atoms with Crippen LogP contribution in [0.3, 0.4) is 0 Å². The summed E-state index contributed by atoms with van der Waals surface area (Å²) in [6.07, 6.45) is 0.713. The minimum atomic E-state index is -0.434. The lowest BCUT2D eigenvalue weighted by Crippen LogP contribution is -1.86. The van der Waals surface area contributed by atoms with E-state index in [2.05, 4.69) is 0 Å². The van der Waals surface area contributed by atoms with E-state index < -0.39 is 5.82 Å². The zero-order valence-corrected chi connectivity index (χ0v) is 8.81. The highest BCUT2D eigenvalue weighted by Crippen LogP contribution is 2.24. The van der Waals surface area contributed by atoms with Gasteiger partial charge in [0.25, 0.3) is 0 Å². The summed E-state index contributed by atoms with van der Waals surface area (Å²) in [6.45, 7) is 0. The number of nitriles is 1. The average Bonchev–Trinajstić information content (AvgIpc) is 2.77. The molecule has 0 saturated carbocycles. The molecule has 0 fully saturated rings. The summed E-state index contributed by atoms with van der Waals surface area (Å²) >= 11 is 0. The fraction of sp³-hybridized carbons (Fsp3) is 0.0769. The number of nitrogens with zero attached hydrogens (tertiary/aromatic N) is 1. The molecule has 0 amide bonds. The van der Waals surface area contributed by atoms with E-state index in [1.54, 1.807) is 12.1 Å². The number of aldehydes is 1. The highest BCUT2D eigenvalue weighted by molar-refractivity contribution is 5.72. The van der Waals surface area contributed by atoms with Gasteiger partial charge in [-0.15, -0.1) is 0 Å². The number of furan rings is 1. The molecule has 0 aliphatic heterocycles. The summed E-state index contributed by atoms with van der Waals surface area (Å²) < 4.78 is 18.5. The van der Waals surface area contributed by atoms with E-state index in [0.29, 0.717) is 23.2 Å². The van der Waals surface area contributed by atoms with Crippen molar-refractivity contribution in [3.63, 3.8) is 0 Å². The standard InChI is InChI=1S/C13H8FNO2/c14-11-6-9(3-4-15)5-10(7-11)13-2-1-12(8-16)17-13/h1-2,5-8H,3H2. The summed E-state index contributed by atoms with van der Waals surface area (Å²) in [6, 6.07) is 9.32. The van der Waals surface area contributed by atoms with E-state index in [1.165, 1.54) is 18.2 Å². The lowest BCUT2D eigenvalue weighted by molar-refractivity contribution is 0.110. The Balaban J connectivity index is 2.44. The largest absolute Gasteiger partial charge is 0.453 e. The number of halogens is 1. The number of hydrogen-bond acceptors (Lipinski definition) is 3. The summed E-state index contributed by atoms with van der Waals surface area (Å²) in [5.41, 5.74) is 1.09. The Morgan fingerprint density at radius 1 is 1.35 bits per heavy atom. The molecule has 0 radical (unpaired) electrons. The third kappa shape index (κ3) is 2.40. The van der Waals surface area contributed by atoms with Crippen LogP contribution in [-0.2, 0) is 6.42 Å². The van der Waals surface area contributed by atoms with Crippen molar-refractivity contribution in [1.29, 1.82) is 5.26 Å². The van der Waals surface area contributed by atoms with E-state index in [-0.39, 0.29) is 12.2 Å². The molecule has 0 spiro atoms. The Morgan fingerprint density at radius 3 is 2.82 bits per heavy atom. The normalized spacial score (nSPS) is 9.88. The molecule has 3 nitrogen and oxygen atoms in total. The maximum atomic E-state index is 13.3. The molecular formula is C13H8FNO2. The molecule has 4 heteroatoms. The predicted molar refractivity (Wildman–Crippen MR) is 58.8 cm³/mol. The van der Waals surface area contributed by atoms with Gasteiger partial charge >= 0.3 is 0 Å². The van der Waals surface area contributed by atoms with Gasteiger partial charge in [0.2, 0.25) is 0 Å². The lowest BCUT2D eigenvalue weighted by Gasteiger charge is -2.01. The predicted octanol–water partition coefficient (Wildman–Crippen LogP) is 2.96. The molecule has 84 valence electrons. The molecule has 2 rings (SSSR count). The van der Waals surface area contributed by atoms with Crippen molar-refractivity contribution in [2.45, 2.75) is 6.42 Å². The second kappa shape index (κ2) is 4.62. The maximum Gasteiger partial charge on any atom is 0.185 e. The van der Waals surface area contributed by atoms with Crippen LogP contribution in [0, 0.1) is 17.1 Å². The molecular weight excluding hydrogens is 221 g/mol. The Morgan fingerprint density at radius 2 is 2.18 bits per heavy atom. The second-order valence-electron chi connectivity index (χ2n) is 3.50. The molecule has 2 aromatic rings. The SMILES string of the molecule is N#CCc1cc(F)cc(-c2ccc(C=O)o2)c1. The Labute approximate surface area is 97.1 Å². The summed E-state index contributed by atoms with van der Waals surface area (Å²) in [4.78, 5) is 10.5. The molecule has 17 heavy (non-hydrogen) atoms. The van der Waals surface area contributed by atoms with Crippen molar-refractivity contribution in [2.24, 2.45) is 0 Å². The quantitative estimate of drug-likeness (QED) is 0.760. The van der Waals surface area contributed by atoms with Crippen LogP contribution in [-0.4, -0.2) is 6.29 Å². The van der Waals surface area contributed by atoms with Gasteiger partial charge in [-0.2, -0.15) is 5.26 Å². The van der Waals surface area contributed by atoms with Gasteiger partial charge < -0.3 is 4.42 Å². The van der Waals surface area contributed by atoms with Crippen LogP contribution < -0.4 is 0 Å². The second-order valence-corrected chi connectivity index (χ2v) is 3.50. The van der Waals surface area contributed by atoms with E-state index in [4.69, 9.17) is 9.68 Å². The van der Waals surface area contributed by atoms with E-state index in [0.717, 1.165) is 0 Å². The fourth-order valence-corrected chi connectivity index (χ4v) is 1.56. The number of carbonyl (C=O) groups is 1. The third-order valence-corrected chi connectivity index (χ3v) is 2.27. The smallest absolute Gasteiger partial charge is 0.185 e. The van der Waals surface area contributed by atoms with E-state index in [1.807, 2.05) is 6.07 Å². The van der Waals surface area contributed by atoms with Crippen molar-refractivity contribution in [1.82, 2.24) is 0 Å². The number of benzene rings is 1. The van der Waals surface area contributed by atoms with Crippen LogP contribution in [0.5, 0.6) is 0 Å². The molecule has 0 atom stereocenters. The molecule has 0 N–H and O–H groups in total. The molecule has 1 aromatic heterocycles. The Hall–Kier alpha value is -2.41. The molecule has 0 bridgehead atoms. The van der Waals surface area contributed by atoms with Gasteiger partial charge in [-0.25, -0.2) is 4.39 Å². The van der Waals surface area contributed by atoms with Crippen molar-refractivity contribution >= 4 is 6.29 Å². The van der Waals surface area contributed by atoms with Gasteiger partial charge in [-0.3, -0.25) is 4.79 Å². The van der Waals surface area contributed by atoms with Gasteiger partial charge in [0, 0.05) is 5.56 Å². The molecule has 1 aromatic carbocycles. The molecule has 0 aliphatic rings. The fourth-order valence-electron chi connectivity index (χ4n) is 1.56. The van der Waals surface area contributed by atoms with Crippen molar-refractivity contribution in [3.8, 4) is 17.4 Å². The van der Waals surface area contributed by atoms with Gasteiger partial charge in [0.1, 0.15) is 11.6 Å². The van der Waals surface area contributed by atoms with Crippen LogP contribution in [0.1, 0.15) is 16.1 Å².